The van der Waals surface area contributed by atoms with Crippen molar-refractivity contribution in [2.45, 2.75) is 32.1 Å². The molecule has 4 rings (SSSR count). The number of rotatable bonds is 1. The van der Waals surface area contributed by atoms with Crippen LogP contribution in [0.25, 0.3) is 0 Å². The number of carbonyl (C=O) groups excluding carboxylic acids is 2. The Morgan fingerprint density at radius 2 is 1.79 bits per heavy atom. The SMILES string of the molecule is O=C1[C@@H]2CC3C[C@H]1CC(C(=O)[O-])(C3)C2. The summed E-state index contributed by atoms with van der Waals surface area (Å²) in [5, 5.41) is 11.1. The van der Waals surface area contributed by atoms with Crippen molar-refractivity contribution in [3.05, 3.63) is 0 Å². The predicted octanol–water partition coefficient (Wildman–Crippen LogP) is 0.132. The van der Waals surface area contributed by atoms with E-state index in [0.717, 1.165) is 19.3 Å². The van der Waals surface area contributed by atoms with E-state index in [1.165, 1.54) is 0 Å². The number of hydrogen-bond acceptors (Lipinski definition) is 3. The van der Waals surface area contributed by atoms with Gasteiger partial charge < -0.3 is 9.90 Å². The molecule has 0 radical (unpaired) electrons. The number of ketones is 1. The minimum atomic E-state index is -0.913. The van der Waals surface area contributed by atoms with E-state index < -0.39 is 11.4 Å². The number of carboxylic acid groups (broad SMARTS) is 1. The molecular formula is C11H13O3-. The lowest BCUT2D eigenvalue weighted by Gasteiger charge is -2.56. The first kappa shape index (κ1) is 8.45. The summed E-state index contributed by atoms with van der Waals surface area (Å²) in [6.45, 7) is 0. The molecule has 0 aromatic rings. The summed E-state index contributed by atoms with van der Waals surface area (Å²) in [7, 11) is 0. The van der Waals surface area contributed by atoms with Crippen molar-refractivity contribution < 1.29 is 14.7 Å². The van der Waals surface area contributed by atoms with Gasteiger partial charge >= 0.3 is 0 Å². The van der Waals surface area contributed by atoms with Crippen LogP contribution in [-0.4, -0.2) is 11.8 Å². The molecule has 4 aliphatic rings. The van der Waals surface area contributed by atoms with E-state index in [0.29, 0.717) is 24.5 Å². The number of carbonyl (C=O) groups is 2. The zero-order chi connectivity index (χ0) is 9.92. The van der Waals surface area contributed by atoms with E-state index in [4.69, 9.17) is 0 Å². The Labute approximate surface area is 82.5 Å². The van der Waals surface area contributed by atoms with E-state index in [9.17, 15) is 14.7 Å². The number of hydrogen-bond donors (Lipinski definition) is 0. The molecule has 0 N–H and O–H groups in total. The van der Waals surface area contributed by atoms with Crippen molar-refractivity contribution in [2.75, 3.05) is 0 Å². The van der Waals surface area contributed by atoms with E-state index >= 15 is 0 Å². The van der Waals surface area contributed by atoms with Gasteiger partial charge in [-0.15, -0.1) is 0 Å². The summed E-state index contributed by atoms with van der Waals surface area (Å²) >= 11 is 0. The molecule has 2 unspecified atom stereocenters. The van der Waals surface area contributed by atoms with Crippen LogP contribution in [0.1, 0.15) is 32.1 Å². The number of Topliss-reactive ketones (excluding diaryl/α,β-unsaturated/α-hetero) is 1. The molecule has 76 valence electrons. The summed E-state index contributed by atoms with van der Waals surface area (Å²) in [5.41, 5.74) is -0.635. The van der Waals surface area contributed by atoms with Crippen LogP contribution in [0.2, 0.25) is 0 Å². The quantitative estimate of drug-likeness (QED) is 0.595. The highest BCUT2D eigenvalue weighted by atomic mass is 16.4. The normalized spacial score (nSPS) is 49.7. The minimum Gasteiger partial charge on any atom is -0.550 e. The smallest absolute Gasteiger partial charge is 0.139 e. The average Bonchev–Trinajstić information content (AvgIpc) is 2.12. The molecule has 3 heteroatoms. The summed E-state index contributed by atoms with van der Waals surface area (Å²) in [6.07, 6.45) is 3.74. The maximum absolute atomic E-state index is 11.7. The van der Waals surface area contributed by atoms with Crippen LogP contribution in [-0.2, 0) is 9.59 Å². The van der Waals surface area contributed by atoms with Gasteiger partial charge in [0.2, 0.25) is 0 Å². The van der Waals surface area contributed by atoms with Gasteiger partial charge in [0.15, 0.2) is 0 Å². The van der Waals surface area contributed by atoms with Gasteiger partial charge in [0.05, 0.1) is 0 Å². The third kappa shape index (κ3) is 0.877. The van der Waals surface area contributed by atoms with Gasteiger partial charge in [-0.3, -0.25) is 4.79 Å². The Bertz CT molecular complexity index is 302. The first-order valence-electron chi connectivity index (χ1n) is 5.36. The van der Waals surface area contributed by atoms with E-state index in [1.807, 2.05) is 0 Å². The van der Waals surface area contributed by atoms with Crippen molar-refractivity contribution in [1.29, 1.82) is 0 Å². The lowest BCUT2D eigenvalue weighted by Crippen LogP contribution is -2.57. The molecule has 0 aliphatic heterocycles. The Hall–Kier alpha value is -0.860. The Morgan fingerprint density at radius 3 is 2.29 bits per heavy atom. The van der Waals surface area contributed by atoms with Crippen LogP contribution in [0, 0.1) is 23.2 Å². The van der Waals surface area contributed by atoms with Crippen LogP contribution < -0.4 is 5.11 Å². The molecule has 4 aliphatic carbocycles. The molecule has 3 nitrogen and oxygen atoms in total. The third-order valence-corrected chi connectivity index (χ3v) is 4.43. The standard InChI is InChI=1S/C11H14O3/c12-9-7-1-6-2-8(9)5-11(3-6,4-7)10(13)14/h6-8H,1-5H2,(H,13,14)/p-1/t6?,7-,8+,11?. The molecule has 0 saturated heterocycles. The topological polar surface area (TPSA) is 57.2 Å². The number of aliphatic carboxylic acids is 1. The summed E-state index contributed by atoms with van der Waals surface area (Å²) in [5.74, 6) is -0.0244. The fourth-order valence-electron chi connectivity index (χ4n) is 4.00. The number of carboxylic acids is 1. The third-order valence-electron chi connectivity index (χ3n) is 4.43. The van der Waals surface area contributed by atoms with Gasteiger partial charge in [-0.1, -0.05) is 0 Å². The highest BCUT2D eigenvalue weighted by Gasteiger charge is 2.55. The molecule has 4 saturated carbocycles. The Balaban J connectivity index is 2.00. The van der Waals surface area contributed by atoms with Crippen molar-refractivity contribution in [2.24, 2.45) is 23.2 Å². The predicted molar refractivity (Wildman–Crippen MR) is 46.0 cm³/mol. The second-order valence-electron chi connectivity index (χ2n) is 5.31. The zero-order valence-electron chi connectivity index (χ0n) is 7.99. The van der Waals surface area contributed by atoms with Crippen molar-refractivity contribution >= 4 is 11.8 Å². The zero-order valence-corrected chi connectivity index (χ0v) is 7.99. The molecule has 4 fully saturated rings. The lowest BCUT2D eigenvalue weighted by atomic mass is 9.49. The van der Waals surface area contributed by atoms with Gasteiger partial charge in [0.1, 0.15) is 5.78 Å². The van der Waals surface area contributed by atoms with E-state index in [1.54, 1.807) is 0 Å². The van der Waals surface area contributed by atoms with Crippen LogP contribution in [0.15, 0.2) is 0 Å². The van der Waals surface area contributed by atoms with Gasteiger partial charge in [0, 0.05) is 23.2 Å². The molecule has 14 heavy (non-hydrogen) atoms. The summed E-state index contributed by atoms with van der Waals surface area (Å²) in [4.78, 5) is 22.9. The average molecular weight is 193 g/mol. The summed E-state index contributed by atoms with van der Waals surface area (Å²) in [6, 6.07) is 0. The lowest BCUT2D eigenvalue weighted by molar-refractivity contribution is -0.325. The van der Waals surface area contributed by atoms with Gasteiger partial charge in [-0.2, -0.15) is 0 Å². The maximum Gasteiger partial charge on any atom is 0.139 e. The largest absolute Gasteiger partial charge is 0.550 e. The van der Waals surface area contributed by atoms with Crippen LogP contribution in [0.3, 0.4) is 0 Å². The van der Waals surface area contributed by atoms with Crippen molar-refractivity contribution in [3.8, 4) is 0 Å². The van der Waals surface area contributed by atoms with Crippen LogP contribution in [0.5, 0.6) is 0 Å². The van der Waals surface area contributed by atoms with Gasteiger partial charge in [-0.05, 0) is 38.0 Å². The molecule has 0 aromatic carbocycles. The summed E-state index contributed by atoms with van der Waals surface area (Å²) < 4.78 is 0. The van der Waals surface area contributed by atoms with Crippen LogP contribution >= 0.6 is 0 Å². The Morgan fingerprint density at radius 1 is 1.21 bits per heavy atom. The molecule has 0 heterocycles. The van der Waals surface area contributed by atoms with Crippen molar-refractivity contribution in [3.63, 3.8) is 0 Å². The molecule has 4 bridgehead atoms. The first-order valence-corrected chi connectivity index (χ1v) is 5.36. The maximum atomic E-state index is 11.7. The minimum absolute atomic E-state index is 0.0409. The fourth-order valence-corrected chi connectivity index (χ4v) is 4.00. The molecule has 0 aromatic heterocycles. The fraction of sp³-hybridized carbons (Fsp3) is 0.818. The molecule has 0 amide bonds. The van der Waals surface area contributed by atoms with Gasteiger partial charge in [-0.25, -0.2) is 0 Å². The molecule has 4 atom stereocenters. The van der Waals surface area contributed by atoms with E-state index in [2.05, 4.69) is 0 Å². The second-order valence-corrected chi connectivity index (χ2v) is 5.31. The first-order chi connectivity index (χ1) is 6.61. The second kappa shape index (κ2) is 2.38. The highest BCUT2D eigenvalue weighted by molar-refractivity contribution is 5.88. The van der Waals surface area contributed by atoms with E-state index in [-0.39, 0.29) is 11.8 Å². The Kier molecular flexibility index (Phi) is 1.44. The molecular weight excluding hydrogens is 180 g/mol. The van der Waals surface area contributed by atoms with Gasteiger partial charge in [0.25, 0.3) is 0 Å². The highest BCUT2D eigenvalue weighted by Crippen LogP contribution is 2.58. The molecule has 0 spiro atoms. The monoisotopic (exact) mass is 193 g/mol. The van der Waals surface area contributed by atoms with Crippen molar-refractivity contribution in [1.82, 2.24) is 0 Å². The van der Waals surface area contributed by atoms with Crippen LogP contribution in [0.4, 0.5) is 0 Å².